The smallest absolute Gasteiger partial charge is 0.169 e. The molecule has 3 rings (SSSR count). The van der Waals surface area contributed by atoms with Crippen molar-refractivity contribution in [2.24, 2.45) is 14.1 Å². The molecule has 6 heteroatoms. The van der Waals surface area contributed by atoms with Gasteiger partial charge in [-0.1, -0.05) is 30.0 Å². The van der Waals surface area contributed by atoms with Gasteiger partial charge in [-0.3, -0.25) is 0 Å². The molecule has 0 N–H and O–H groups in total. The number of nitrogens with zero attached hydrogens (tertiary/aromatic N) is 2. The molecule has 0 saturated heterocycles. The van der Waals surface area contributed by atoms with Crippen molar-refractivity contribution >= 4 is 35.5 Å². The Labute approximate surface area is 169 Å². The molecule has 2 heterocycles. The number of benzene rings is 1. The van der Waals surface area contributed by atoms with Crippen LogP contribution in [0.25, 0.3) is 11.1 Å². The van der Waals surface area contributed by atoms with Gasteiger partial charge in [-0.25, -0.2) is 9.13 Å². The minimum Gasteiger partial charge on any atom is -0.872 e. The molecule has 3 aromatic rings. The van der Waals surface area contributed by atoms with Gasteiger partial charge < -0.3 is 15.0 Å². The number of aryl methyl sites for hydroxylation is 2. The van der Waals surface area contributed by atoms with Gasteiger partial charge in [0.15, 0.2) is 24.8 Å². The third-order valence-electron chi connectivity index (χ3n) is 3.40. The fraction of sp³-hybridized carbons (Fsp3) is 0.105. The first-order chi connectivity index (χ1) is 11.5. The van der Waals surface area contributed by atoms with Gasteiger partial charge in [-0.15, -0.1) is 0 Å². The summed E-state index contributed by atoms with van der Waals surface area (Å²) in [5, 5.41) is 20.8. The number of aromatic carboxylic acids is 1. The van der Waals surface area contributed by atoms with Crippen LogP contribution in [0, 0.1) is 0 Å². The second-order valence-corrected chi connectivity index (χ2v) is 5.29. The van der Waals surface area contributed by atoms with E-state index in [1.165, 1.54) is 35.4 Å². The summed E-state index contributed by atoms with van der Waals surface area (Å²) in [5.74, 6) is -1.94. The number of aromatic nitrogens is 2. The topological polar surface area (TPSA) is 71.0 Å². The molecule has 1 radical (unpaired) electrons. The van der Waals surface area contributed by atoms with Crippen molar-refractivity contribution in [3.63, 3.8) is 0 Å². The molecule has 5 nitrogen and oxygen atoms in total. The van der Waals surface area contributed by atoms with Crippen molar-refractivity contribution in [1.29, 1.82) is 0 Å². The zero-order valence-electron chi connectivity index (χ0n) is 14.5. The van der Waals surface area contributed by atoms with E-state index in [-0.39, 0.29) is 35.1 Å². The normalized spacial score (nSPS) is 9.36. The Bertz CT molecular complexity index is 775. The Kier molecular flexibility index (Phi) is 8.28. The molecule has 0 saturated carbocycles. The molecule has 0 atom stereocenters. The maximum Gasteiger partial charge on any atom is 0.169 e. The number of carboxylic acids is 1. The van der Waals surface area contributed by atoms with Crippen molar-refractivity contribution in [1.82, 2.24) is 0 Å². The largest absolute Gasteiger partial charge is 0.872 e. The van der Waals surface area contributed by atoms with Gasteiger partial charge in [-0.05, 0) is 16.7 Å². The average molecular weight is 345 g/mol. The second kappa shape index (κ2) is 9.93. The summed E-state index contributed by atoms with van der Waals surface area (Å²) in [6.07, 6.45) is 8.23. The van der Waals surface area contributed by atoms with Crippen LogP contribution in [-0.4, -0.2) is 35.5 Å². The first-order valence-electron chi connectivity index (χ1n) is 7.35. The van der Waals surface area contributed by atoms with Gasteiger partial charge in [0.25, 0.3) is 0 Å². The van der Waals surface area contributed by atoms with Gasteiger partial charge in [0, 0.05) is 53.8 Å². The number of para-hydroxylation sites is 1. The van der Waals surface area contributed by atoms with Crippen molar-refractivity contribution in [3.05, 3.63) is 78.9 Å². The molecule has 0 amide bonds. The average Bonchev–Trinajstić information content (AvgIpc) is 2.57. The molecule has 0 spiro atoms. The fourth-order valence-electron chi connectivity index (χ4n) is 2.02. The van der Waals surface area contributed by atoms with Gasteiger partial charge in [0.1, 0.15) is 14.1 Å². The van der Waals surface area contributed by atoms with Gasteiger partial charge in [0.05, 0.1) is 5.97 Å². The van der Waals surface area contributed by atoms with E-state index in [1.807, 2.05) is 23.2 Å². The quantitative estimate of drug-likeness (QED) is 0.475. The van der Waals surface area contributed by atoms with Crippen LogP contribution in [0.3, 0.4) is 0 Å². The zero-order chi connectivity index (χ0) is 17.5. The van der Waals surface area contributed by atoms with E-state index in [9.17, 15) is 15.0 Å². The van der Waals surface area contributed by atoms with E-state index in [1.54, 1.807) is 0 Å². The third kappa shape index (κ3) is 6.31. The van der Waals surface area contributed by atoms with E-state index in [0.29, 0.717) is 0 Å². The summed E-state index contributed by atoms with van der Waals surface area (Å²) >= 11 is 0. The minimum absolute atomic E-state index is 0. The first-order valence-corrected chi connectivity index (χ1v) is 7.35. The third-order valence-corrected chi connectivity index (χ3v) is 3.40. The van der Waals surface area contributed by atoms with Crippen LogP contribution in [0.15, 0.2) is 73.3 Å². The molecule has 123 valence electrons. The summed E-state index contributed by atoms with van der Waals surface area (Å²) in [6.45, 7) is 0. The zero-order valence-corrected chi connectivity index (χ0v) is 16.5. The molecule has 1 aromatic carbocycles. The Morgan fingerprint density at radius 2 is 1.20 bits per heavy atom. The molecule has 0 unspecified atom stereocenters. The van der Waals surface area contributed by atoms with Crippen LogP contribution in [0.2, 0.25) is 0 Å². The van der Waals surface area contributed by atoms with E-state index in [2.05, 4.69) is 49.1 Å². The summed E-state index contributed by atoms with van der Waals surface area (Å²) in [6, 6.07) is 13.8. The summed E-state index contributed by atoms with van der Waals surface area (Å²) < 4.78 is 4.07. The number of carbonyl (C=O) groups excluding carboxylic acids is 1. The van der Waals surface area contributed by atoms with Crippen molar-refractivity contribution < 1.29 is 24.1 Å². The van der Waals surface area contributed by atoms with Gasteiger partial charge in [0.2, 0.25) is 0 Å². The maximum absolute atomic E-state index is 10.6. The Morgan fingerprint density at radius 1 is 0.800 bits per heavy atom. The molecule has 0 fully saturated rings. The van der Waals surface area contributed by atoms with E-state index < -0.39 is 11.7 Å². The summed E-state index contributed by atoms with van der Waals surface area (Å²) in [4.78, 5) is 10.1. The van der Waals surface area contributed by atoms with Crippen molar-refractivity contribution in [2.45, 2.75) is 0 Å². The Hall–Kier alpha value is -2.21. The number of pyridine rings is 2. The van der Waals surface area contributed by atoms with Crippen molar-refractivity contribution in [3.8, 4) is 16.9 Å². The number of hydrogen-bond donors (Lipinski definition) is 0. The monoisotopic (exact) mass is 345 g/mol. The predicted octanol–water partition coefficient (Wildman–Crippen LogP) is -0.255. The molecule has 0 bridgehead atoms. The van der Waals surface area contributed by atoms with Crippen LogP contribution in [0.1, 0.15) is 10.4 Å². The summed E-state index contributed by atoms with van der Waals surface area (Å²) in [7, 11) is 4.05. The molecular formula is C19H18N2NaO3. The van der Waals surface area contributed by atoms with E-state index >= 15 is 0 Å². The van der Waals surface area contributed by atoms with Crippen LogP contribution in [0.4, 0.5) is 0 Å². The Morgan fingerprint density at radius 3 is 1.52 bits per heavy atom. The van der Waals surface area contributed by atoms with Gasteiger partial charge in [-0.2, -0.15) is 0 Å². The molecule has 2 aromatic heterocycles. The molecule has 0 aliphatic rings. The fourth-order valence-corrected chi connectivity index (χ4v) is 2.02. The number of carbonyl (C=O) groups is 1. The van der Waals surface area contributed by atoms with E-state index in [4.69, 9.17) is 0 Å². The van der Waals surface area contributed by atoms with Crippen LogP contribution in [0.5, 0.6) is 5.75 Å². The van der Waals surface area contributed by atoms with Gasteiger partial charge >= 0.3 is 0 Å². The summed E-state index contributed by atoms with van der Waals surface area (Å²) in [5.41, 5.74) is 2.22. The van der Waals surface area contributed by atoms with Crippen molar-refractivity contribution in [2.75, 3.05) is 0 Å². The first kappa shape index (κ1) is 20.8. The number of carboxylic acid groups (broad SMARTS) is 1. The number of hydrogen-bond acceptors (Lipinski definition) is 3. The maximum atomic E-state index is 10.6. The van der Waals surface area contributed by atoms with Crippen LogP contribution >= 0.6 is 0 Å². The molecule has 25 heavy (non-hydrogen) atoms. The molecule has 0 aliphatic heterocycles. The van der Waals surface area contributed by atoms with Crippen LogP contribution in [-0.2, 0) is 14.1 Å². The molecule has 0 aliphatic carbocycles. The molecular weight excluding hydrogens is 327 g/mol. The standard InChI is InChI=1S/C12H14N2.C7H6O3.Na/c1-13-7-3-11(4-8-13)12-5-9-14(2)10-6-12;8-6-4-2-1-3-5(6)7(9)10;/h3-10H,1-2H3;1-4,8H,(H,9,10);/q+2;;/p-2. The minimum atomic E-state index is -1.43. The number of rotatable bonds is 2. The predicted molar refractivity (Wildman–Crippen MR) is 90.2 cm³/mol. The van der Waals surface area contributed by atoms with Crippen LogP contribution < -0.4 is 19.3 Å². The Balaban J connectivity index is 0.000000254. The second-order valence-electron chi connectivity index (χ2n) is 5.29. The van der Waals surface area contributed by atoms with E-state index in [0.717, 1.165) is 0 Å². The SMILES string of the molecule is C[n+]1ccc(-c2cc[n+](C)cc2)cc1.O=C([O-])c1ccccc1[O-].[Na].